The Balaban J connectivity index is 1.57. The van der Waals surface area contributed by atoms with E-state index in [1.54, 1.807) is 17.1 Å². The molecule has 1 aliphatic rings. The summed E-state index contributed by atoms with van der Waals surface area (Å²) in [7, 11) is 0. The van der Waals surface area contributed by atoms with E-state index in [1.165, 1.54) is 10.9 Å². The molecule has 0 atom stereocenters. The molecule has 0 spiro atoms. The van der Waals surface area contributed by atoms with Crippen molar-refractivity contribution in [3.63, 3.8) is 0 Å². The van der Waals surface area contributed by atoms with Crippen LogP contribution in [0.2, 0.25) is 0 Å². The van der Waals surface area contributed by atoms with Gasteiger partial charge in [-0.3, -0.25) is 14.3 Å². The van der Waals surface area contributed by atoms with Crippen molar-refractivity contribution in [2.24, 2.45) is 5.73 Å². The molecule has 5 rings (SSSR count). The van der Waals surface area contributed by atoms with Crippen LogP contribution in [0.3, 0.4) is 0 Å². The number of amides is 2. The molecule has 10 nitrogen and oxygen atoms in total. The number of anilines is 1. The number of rotatable bonds is 6. The molecule has 0 saturated heterocycles. The maximum absolute atomic E-state index is 13.2. The summed E-state index contributed by atoms with van der Waals surface area (Å²) >= 11 is 0. The monoisotopic (exact) mass is 416 g/mol. The quantitative estimate of drug-likeness (QED) is 0.493. The Morgan fingerprint density at radius 2 is 2.13 bits per heavy atom. The number of hydrogen-bond donors (Lipinski definition) is 2. The lowest BCUT2D eigenvalue weighted by Crippen LogP contribution is -2.18. The zero-order chi connectivity index (χ0) is 21.5. The van der Waals surface area contributed by atoms with Gasteiger partial charge < -0.3 is 11.1 Å². The van der Waals surface area contributed by atoms with Gasteiger partial charge in [0.15, 0.2) is 11.5 Å². The van der Waals surface area contributed by atoms with Crippen molar-refractivity contribution in [1.82, 2.24) is 29.5 Å². The molecule has 4 aromatic heterocycles. The summed E-state index contributed by atoms with van der Waals surface area (Å²) < 4.78 is 3.05. The SMILES string of the molecule is Cc1nn(-c2ccccn2)c2nc(C3CC3)cc(C(=O)Nc3cnn(CC(N)=O)c3)c12. The lowest BCUT2D eigenvalue weighted by molar-refractivity contribution is -0.118. The van der Waals surface area contributed by atoms with Crippen LogP contribution in [0, 0.1) is 6.92 Å². The van der Waals surface area contributed by atoms with Gasteiger partial charge in [-0.25, -0.2) is 9.97 Å². The summed E-state index contributed by atoms with van der Waals surface area (Å²) in [6.07, 6.45) is 6.84. The summed E-state index contributed by atoms with van der Waals surface area (Å²) in [5.41, 5.74) is 8.33. The maximum Gasteiger partial charge on any atom is 0.256 e. The number of nitrogens with one attached hydrogen (secondary N) is 1. The third kappa shape index (κ3) is 3.63. The fourth-order valence-corrected chi connectivity index (χ4v) is 3.59. The summed E-state index contributed by atoms with van der Waals surface area (Å²) in [4.78, 5) is 33.5. The Morgan fingerprint density at radius 1 is 1.29 bits per heavy atom. The summed E-state index contributed by atoms with van der Waals surface area (Å²) in [5, 5.41) is 12.2. The highest BCUT2D eigenvalue weighted by atomic mass is 16.2. The largest absolute Gasteiger partial charge is 0.368 e. The molecule has 0 unspecified atom stereocenters. The van der Waals surface area contributed by atoms with Gasteiger partial charge in [-0.05, 0) is 38.0 Å². The van der Waals surface area contributed by atoms with E-state index in [0.29, 0.717) is 39.7 Å². The second kappa shape index (κ2) is 7.31. The fraction of sp³-hybridized carbons (Fsp3) is 0.238. The smallest absolute Gasteiger partial charge is 0.256 e. The first kappa shape index (κ1) is 18.9. The highest BCUT2D eigenvalue weighted by Crippen LogP contribution is 2.40. The first-order valence-electron chi connectivity index (χ1n) is 9.93. The zero-order valence-corrected chi connectivity index (χ0v) is 16.8. The van der Waals surface area contributed by atoms with Crippen LogP contribution in [-0.2, 0) is 11.3 Å². The van der Waals surface area contributed by atoms with E-state index in [-0.39, 0.29) is 12.5 Å². The predicted molar refractivity (Wildman–Crippen MR) is 113 cm³/mol. The fourth-order valence-electron chi connectivity index (χ4n) is 3.59. The number of primary amides is 1. The van der Waals surface area contributed by atoms with Crippen LogP contribution >= 0.6 is 0 Å². The van der Waals surface area contributed by atoms with Gasteiger partial charge in [0.1, 0.15) is 6.54 Å². The Hall–Kier alpha value is -4.08. The number of nitrogens with two attached hydrogens (primary N) is 1. The van der Waals surface area contributed by atoms with Crippen molar-refractivity contribution in [2.75, 3.05) is 5.32 Å². The Labute approximate surface area is 177 Å². The van der Waals surface area contributed by atoms with Gasteiger partial charge in [0, 0.05) is 24.0 Å². The van der Waals surface area contributed by atoms with Gasteiger partial charge in [0.2, 0.25) is 5.91 Å². The molecule has 4 aromatic rings. The average Bonchev–Trinajstić information content (AvgIpc) is 3.44. The van der Waals surface area contributed by atoms with Crippen LogP contribution in [0.5, 0.6) is 0 Å². The third-order valence-corrected chi connectivity index (χ3v) is 5.15. The van der Waals surface area contributed by atoms with Crippen molar-refractivity contribution in [3.05, 3.63) is 59.8 Å². The molecule has 1 aliphatic carbocycles. The van der Waals surface area contributed by atoms with Gasteiger partial charge in [-0.1, -0.05) is 6.07 Å². The van der Waals surface area contributed by atoms with Crippen LogP contribution in [0.15, 0.2) is 42.9 Å². The summed E-state index contributed by atoms with van der Waals surface area (Å²) in [6.45, 7) is 1.79. The van der Waals surface area contributed by atoms with Gasteiger partial charge in [0.25, 0.3) is 5.91 Å². The first-order valence-corrected chi connectivity index (χ1v) is 9.93. The molecule has 1 saturated carbocycles. The van der Waals surface area contributed by atoms with E-state index in [4.69, 9.17) is 10.7 Å². The van der Waals surface area contributed by atoms with Crippen molar-refractivity contribution in [1.29, 1.82) is 0 Å². The molecule has 31 heavy (non-hydrogen) atoms. The molecular weight excluding hydrogens is 396 g/mol. The molecule has 156 valence electrons. The summed E-state index contributed by atoms with van der Waals surface area (Å²) in [6, 6.07) is 7.42. The number of hydrogen-bond acceptors (Lipinski definition) is 6. The van der Waals surface area contributed by atoms with E-state index in [1.807, 2.05) is 31.2 Å². The number of pyridine rings is 2. The minimum Gasteiger partial charge on any atom is -0.368 e. The van der Waals surface area contributed by atoms with Crippen LogP contribution in [-0.4, -0.2) is 41.3 Å². The van der Waals surface area contributed by atoms with Gasteiger partial charge >= 0.3 is 0 Å². The predicted octanol–water partition coefficient (Wildman–Crippen LogP) is 1.94. The van der Waals surface area contributed by atoms with Gasteiger partial charge in [-0.15, -0.1) is 0 Å². The van der Waals surface area contributed by atoms with Gasteiger partial charge in [0.05, 0.1) is 28.5 Å². The molecule has 4 heterocycles. The van der Waals surface area contributed by atoms with Crippen LogP contribution in [0.4, 0.5) is 5.69 Å². The standard InChI is InChI=1S/C21H20N8O2/c1-12-19-15(21(31)25-14-9-24-28(10-14)11-17(22)30)8-16(13-5-6-13)26-20(19)29(27-12)18-4-2-3-7-23-18/h2-4,7-10,13H,5-6,11H2,1H3,(H2,22,30)(H,25,31). The highest BCUT2D eigenvalue weighted by molar-refractivity contribution is 6.12. The lowest BCUT2D eigenvalue weighted by atomic mass is 10.1. The normalized spacial score (nSPS) is 13.5. The van der Waals surface area contributed by atoms with E-state index in [2.05, 4.69) is 20.5 Å². The van der Waals surface area contributed by atoms with E-state index in [0.717, 1.165) is 18.5 Å². The van der Waals surface area contributed by atoms with Crippen LogP contribution < -0.4 is 11.1 Å². The second-order valence-corrected chi connectivity index (χ2v) is 7.60. The second-order valence-electron chi connectivity index (χ2n) is 7.60. The maximum atomic E-state index is 13.2. The van der Waals surface area contributed by atoms with Crippen LogP contribution in [0.25, 0.3) is 16.9 Å². The van der Waals surface area contributed by atoms with Crippen LogP contribution in [0.1, 0.15) is 40.5 Å². The minimum atomic E-state index is -0.511. The molecular formula is C21H20N8O2. The number of nitrogens with zero attached hydrogens (tertiary/aromatic N) is 6. The number of carbonyl (C=O) groups is 2. The van der Waals surface area contributed by atoms with E-state index >= 15 is 0 Å². The highest BCUT2D eigenvalue weighted by Gasteiger charge is 2.29. The summed E-state index contributed by atoms with van der Waals surface area (Å²) in [5.74, 6) is 0.182. The van der Waals surface area contributed by atoms with E-state index in [9.17, 15) is 9.59 Å². The average molecular weight is 416 g/mol. The zero-order valence-electron chi connectivity index (χ0n) is 16.8. The third-order valence-electron chi connectivity index (χ3n) is 5.15. The Morgan fingerprint density at radius 3 is 2.84 bits per heavy atom. The topological polar surface area (TPSA) is 134 Å². The molecule has 10 heteroatoms. The molecule has 0 aliphatic heterocycles. The van der Waals surface area contributed by atoms with Crippen molar-refractivity contribution in [3.8, 4) is 5.82 Å². The molecule has 0 radical (unpaired) electrons. The van der Waals surface area contributed by atoms with Crippen molar-refractivity contribution in [2.45, 2.75) is 32.2 Å². The molecule has 0 bridgehead atoms. The first-order chi connectivity index (χ1) is 15.0. The number of carbonyl (C=O) groups excluding carboxylic acids is 2. The molecule has 0 aromatic carbocycles. The van der Waals surface area contributed by atoms with Crippen molar-refractivity contribution < 1.29 is 9.59 Å². The lowest BCUT2D eigenvalue weighted by Gasteiger charge is -2.08. The number of aromatic nitrogens is 6. The Bertz CT molecular complexity index is 1300. The molecule has 2 amide bonds. The Kier molecular flexibility index (Phi) is 4.46. The number of aryl methyl sites for hydroxylation is 1. The van der Waals surface area contributed by atoms with E-state index < -0.39 is 5.91 Å². The molecule has 1 fully saturated rings. The number of fused-ring (bicyclic) bond motifs is 1. The van der Waals surface area contributed by atoms with Crippen molar-refractivity contribution >= 4 is 28.5 Å². The van der Waals surface area contributed by atoms with Gasteiger partial charge in [-0.2, -0.15) is 14.9 Å². The minimum absolute atomic E-state index is 0.0584. The molecule has 3 N–H and O–H groups in total.